The first-order valence-corrected chi connectivity index (χ1v) is 36.9. The molecule has 15 nitrogen and oxygen atoms in total. The summed E-state index contributed by atoms with van der Waals surface area (Å²) in [6.45, 7) is 9.27. The predicted octanol–water partition coefficient (Wildman–Crippen LogP) is 1.56. The molecule has 0 fully saturated rings. The molecule has 21 heteroatoms. The zero-order chi connectivity index (χ0) is 72.4. The number of nitrogens with zero attached hydrogens (tertiary/aromatic N) is 5. The number of aromatic nitrogens is 8. The van der Waals surface area contributed by atoms with Crippen LogP contribution in [0.25, 0.3) is 0 Å². The zero-order valence-electron chi connectivity index (χ0n) is 64.7. The molecule has 0 bridgehead atoms. The van der Waals surface area contributed by atoms with Gasteiger partial charge in [-0.05, 0) is 152 Å². The van der Waals surface area contributed by atoms with Crippen LogP contribution in [0.5, 0.6) is 0 Å². The SMILES string of the molecule is C=[N+](C)C.CI.CN(C)Cc1ccc(C(c2ccccc2)c2ccc(CN(C)C)[nH]2)[nH]1.C[N+](C)(C)Cc1ccc(C(c2ccccc2)c2ccc(C[N+](C)(C)C)[nH]2)[nH]1.C[NH+](C)Cc1ccc(C(c2ccccc2)c2ccc(C[NH+](C)C)[nH]2)[nH]1.I.[I-].[I-].[I-].[I-].c1ccc(C(c2ccc[nH]2)c2ccc[nH]2)cc1. The van der Waals surface area contributed by atoms with E-state index in [9.17, 15) is 0 Å². The van der Waals surface area contributed by atoms with Crippen molar-refractivity contribution >= 4 is 53.3 Å². The molecule has 0 unspecified atom stereocenters. The van der Waals surface area contributed by atoms with E-state index >= 15 is 0 Å². The molecule has 0 aliphatic carbocycles. The third-order valence-electron chi connectivity index (χ3n) is 16.2. The number of halogens is 6. The zero-order valence-corrected chi connectivity index (χ0v) is 77.9. The van der Waals surface area contributed by atoms with E-state index in [1.54, 1.807) is 4.58 Å². The van der Waals surface area contributed by atoms with Crippen molar-refractivity contribution in [3.05, 3.63) is 333 Å². The van der Waals surface area contributed by atoms with Gasteiger partial charge in [-0.1, -0.05) is 144 Å². The largest absolute Gasteiger partial charge is 1.00 e. The predicted molar refractivity (Wildman–Crippen MR) is 442 cm³/mol. The fourth-order valence-electron chi connectivity index (χ4n) is 12.5. The summed E-state index contributed by atoms with van der Waals surface area (Å²) in [5.74, 6) is 0.834. The molecule has 0 amide bonds. The molecule has 0 aliphatic rings. The van der Waals surface area contributed by atoms with Gasteiger partial charge in [-0.3, -0.25) is 0 Å². The van der Waals surface area contributed by atoms with E-state index < -0.39 is 0 Å². The number of benzene rings is 4. The minimum atomic E-state index is 0. The highest BCUT2D eigenvalue weighted by molar-refractivity contribution is 14.1. The number of rotatable bonds is 24. The Bertz CT molecular complexity index is 3850. The van der Waals surface area contributed by atoms with E-state index in [2.05, 4.69) is 378 Å². The standard InChI is InChI=1S/C23H34N4.2C21H28N4.C15H14N2.C3H8N.CH3I.5HI/c1-26(2,3)16-19-12-14-21(24-19)23(18-10-8-7-9-11-18)22-15-13-20(25-22)17-27(4,5)6;2*1-24(2)14-17-10-12-19(22-17)21(16-8-6-5-7-9-16)20-13-11-18(23-20)15-25(3)4;1-2-6-12(7-3-1)15(13-8-4-10-16-13)14-9-5-11-17-14;1-4(2)3;1-2;;;;;/h7-15,23-25H,16-17H2,1-6H3;2*5-13,21-23H,14-15H2,1-4H3;1-11,15-17H;1H2,2-3H3;1H3;5*1H/q+2;;;;+1;;;;;;/p-2. The summed E-state index contributed by atoms with van der Waals surface area (Å²) in [5.41, 5.74) is 22.6. The van der Waals surface area contributed by atoms with Crippen molar-refractivity contribution in [1.29, 1.82) is 0 Å². The first-order chi connectivity index (χ1) is 47.8. The van der Waals surface area contributed by atoms with Gasteiger partial charge >= 0.3 is 0 Å². The van der Waals surface area contributed by atoms with Crippen molar-refractivity contribution in [3.63, 3.8) is 0 Å². The molecule has 12 rings (SSSR count). The molecule has 0 saturated heterocycles. The highest BCUT2D eigenvalue weighted by Crippen LogP contribution is 2.35. The van der Waals surface area contributed by atoms with Gasteiger partial charge in [0.25, 0.3) is 0 Å². The molecule has 4 aromatic carbocycles. The molecule has 12 aromatic rings. The molecule has 0 saturated carbocycles. The van der Waals surface area contributed by atoms with Crippen LogP contribution in [-0.4, -0.2) is 188 Å². The molecule has 0 aliphatic heterocycles. The molecule has 0 radical (unpaired) electrons. The number of alkyl halides is 1. The lowest BCUT2D eigenvalue weighted by molar-refractivity contribution is -0.884. The number of H-pyrrole nitrogens is 8. The molecule has 0 atom stereocenters. The monoisotopic (exact) mass is 2100 g/mol. The Labute approximate surface area is 727 Å². The number of hydrogen-bond donors (Lipinski definition) is 10. The molecule has 570 valence electrons. The first-order valence-electron chi connectivity index (χ1n) is 34.7. The smallest absolute Gasteiger partial charge is 0.131 e. The topological polar surface area (TPSA) is 145 Å². The first kappa shape index (κ1) is 96.0. The Morgan fingerprint density at radius 1 is 0.343 bits per heavy atom. The second-order valence-corrected chi connectivity index (χ2v) is 29.5. The Morgan fingerprint density at radius 3 is 0.781 bits per heavy atom. The van der Waals surface area contributed by atoms with Crippen LogP contribution in [0, 0.1) is 0 Å². The maximum Gasteiger partial charge on any atom is 0.131 e. The summed E-state index contributed by atoms with van der Waals surface area (Å²) in [6.07, 6.45) is 3.93. The fourth-order valence-corrected chi connectivity index (χ4v) is 12.5. The molecule has 8 aromatic heterocycles. The summed E-state index contributed by atoms with van der Waals surface area (Å²) < 4.78 is 3.57. The van der Waals surface area contributed by atoms with Crippen LogP contribution in [0.3, 0.4) is 0 Å². The summed E-state index contributed by atoms with van der Waals surface area (Å²) in [4.78, 5) is 37.7. The van der Waals surface area contributed by atoms with Crippen LogP contribution in [0.2, 0.25) is 0 Å². The lowest BCUT2D eigenvalue weighted by atomic mass is 9.93. The second kappa shape index (κ2) is 48.5. The highest BCUT2D eigenvalue weighted by Gasteiger charge is 2.25. The Kier molecular flexibility index (Phi) is 44.3. The van der Waals surface area contributed by atoms with E-state index in [1.807, 2.05) is 49.6 Å². The van der Waals surface area contributed by atoms with Gasteiger partial charge in [0.05, 0.1) is 117 Å². The summed E-state index contributed by atoms with van der Waals surface area (Å²) in [6, 6.07) is 77.6. The maximum absolute atomic E-state index is 3.68. The number of aromatic amines is 8. The van der Waals surface area contributed by atoms with Crippen molar-refractivity contribution in [3.8, 4) is 0 Å². The minimum absolute atomic E-state index is 0. The van der Waals surface area contributed by atoms with Crippen LogP contribution >= 0.6 is 46.6 Å². The van der Waals surface area contributed by atoms with Gasteiger partial charge in [-0.25, -0.2) is 4.58 Å². The average Bonchev–Trinajstić information content (AvgIpc) is 1.66. The van der Waals surface area contributed by atoms with E-state index in [0.717, 1.165) is 48.2 Å². The van der Waals surface area contributed by atoms with Crippen LogP contribution in [0.4, 0.5) is 0 Å². The van der Waals surface area contributed by atoms with E-state index in [1.165, 1.54) is 112 Å². The second-order valence-electron chi connectivity index (χ2n) is 29.5. The normalized spacial score (nSPS) is 11.0. The number of hydrogen-bond acceptors (Lipinski definition) is 2. The van der Waals surface area contributed by atoms with Gasteiger partial charge in [-0.2, -0.15) is 0 Å². The molecular formula is C84H118I6N15+. The molecule has 105 heavy (non-hydrogen) atoms. The van der Waals surface area contributed by atoms with Crippen molar-refractivity contribution in [2.45, 2.75) is 62.9 Å². The minimum Gasteiger partial charge on any atom is -1.00 e. The lowest BCUT2D eigenvalue weighted by Crippen LogP contribution is -3.04. The summed E-state index contributed by atoms with van der Waals surface area (Å²) in [5, 5.41) is 0. The summed E-state index contributed by atoms with van der Waals surface area (Å²) in [7, 11) is 34.2. The van der Waals surface area contributed by atoms with Crippen molar-refractivity contribution in [1.82, 2.24) is 49.7 Å². The van der Waals surface area contributed by atoms with Gasteiger partial charge in [0.2, 0.25) is 0 Å². The Morgan fingerprint density at radius 2 is 0.562 bits per heavy atom. The Balaban J connectivity index is 0.000000460. The number of nitrogens with one attached hydrogen (secondary N) is 10. The van der Waals surface area contributed by atoms with Gasteiger partial charge in [0.15, 0.2) is 0 Å². The van der Waals surface area contributed by atoms with Crippen LogP contribution in [0.1, 0.15) is 126 Å². The van der Waals surface area contributed by atoms with Gasteiger partial charge in [0.1, 0.15) is 47.0 Å². The van der Waals surface area contributed by atoms with Crippen LogP contribution in [0.15, 0.2) is 231 Å². The lowest BCUT2D eigenvalue weighted by Gasteiger charge is -2.23. The van der Waals surface area contributed by atoms with Gasteiger partial charge < -0.3 is 164 Å². The molecule has 0 spiro atoms. The van der Waals surface area contributed by atoms with Gasteiger partial charge in [-0.15, -0.1) is 24.0 Å². The summed E-state index contributed by atoms with van der Waals surface area (Å²) >= 11 is 2.15. The third kappa shape index (κ3) is 32.6. The van der Waals surface area contributed by atoms with Gasteiger partial charge in [0, 0.05) is 82.4 Å². The van der Waals surface area contributed by atoms with Crippen LogP contribution < -0.4 is 106 Å². The number of quaternary nitrogens is 4. The van der Waals surface area contributed by atoms with Crippen molar-refractivity contribution in [2.24, 2.45) is 0 Å². The molecule has 10 N–H and O–H groups in total. The third-order valence-corrected chi connectivity index (χ3v) is 16.2. The van der Waals surface area contributed by atoms with Crippen LogP contribution in [-0.2, 0) is 39.3 Å². The Hall–Kier alpha value is -5.07. The van der Waals surface area contributed by atoms with E-state index in [4.69, 9.17) is 0 Å². The average molecular weight is 2100 g/mol. The van der Waals surface area contributed by atoms with Crippen molar-refractivity contribution in [2.75, 3.05) is 118 Å². The van der Waals surface area contributed by atoms with Crippen molar-refractivity contribution < 1.29 is 119 Å². The van der Waals surface area contributed by atoms with E-state index in [-0.39, 0.29) is 144 Å². The molecular weight excluding hydrogens is 1980 g/mol. The quantitative estimate of drug-likeness (QED) is 0.0148. The van der Waals surface area contributed by atoms with E-state index in [0.29, 0.717) is 0 Å². The maximum atomic E-state index is 3.68. The fraction of sp³-hybridized carbons (Fsp3) is 0.321. The molecule has 8 heterocycles. The highest BCUT2D eigenvalue weighted by atomic mass is 127.